The third kappa shape index (κ3) is 2.76. The molecule has 0 bridgehead atoms. The van der Waals surface area contributed by atoms with Gasteiger partial charge in [0, 0.05) is 57.5 Å². The number of para-hydroxylation sites is 2. The predicted octanol–water partition coefficient (Wildman–Crippen LogP) is 3.60. The van der Waals surface area contributed by atoms with Crippen molar-refractivity contribution in [2.45, 2.75) is 50.6 Å². The number of likely N-dealkylation sites (tertiary alicyclic amines) is 1. The Kier molecular flexibility index (Phi) is 4.14. The fourth-order valence-electron chi connectivity index (χ4n) is 7.05. The van der Waals surface area contributed by atoms with Gasteiger partial charge >= 0.3 is 0 Å². The number of carbonyl (C=O) groups is 1. The van der Waals surface area contributed by atoms with Gasteiger partial charge in [0.2, 0.25) is 5.91 Å². The van der Waals surface area contributed by atoms with Crippen LogP contribution in [0.15, 0.2) is 36.4 Å². The maximum atomic E-state index is 12.2. The average Bonchev–Trinajstić information content (AvgIpc) is 3.26. The van der Waals surface area contributed by atoms with Gasteiger partial charge in [-0.2, -0.15) is 0 Å². The first-order valence-corrected chi connectivity index (χ1v) is 12.3. The molecule has 4 heterocycles. The molecular formula is C27H31N3O2. The van der Waals surface area contributed by atoms with Crippen LogP contribution in [-0.2, 0) is 17.6 Å². The first-order valence-electron chi connectivity index (χ1n) is 12.3. The van der Waals surface area contributed by atoms with Gasteiger partial charge in [0.15, 0.2) is 0 Å². The molecule has 1 aliphatic carbocycles. The Balaban J connectivity index is 1.10. The van der Waals surface area contributed by atoms with Crippen LogP contribution in [0.5, 0.6) is 5.75 Å². The molecule has 5 aliphatic rings. The molecule has 4 unspecified atom stereocenters. The highest BCUT2D eigenvalue weighted by Gasteiger charge is 2.50. The number of fused-ring (bicyclic) bond motifs is 4. The molecule has 2 aromatic rings. The zero-order valence-electron chi connectivity index (χ0n) is 18.8. The number of piperidine rings is 1. The lowest BCUT2D eigenvalue weighted by atomic mass is 9.88. The summed E-state index contributed by atoms with van der Waals surface area (Å²) in [4.78, 5) is 19.6. The van der Waals surface area contributed by atoms with Crippen molar-refractivity contribution in [3.8, 4) is 5.75 Å². The van der Waals surface area contributed by atoms with E-state index in [9.17, 15) is 4.79 Å². The Hall–Kier alpha value is -2.53. The van der Waals surface area contributed by atoms with Gasteiger partial charge in [-0.3, -0.25) is 9.69 Å². The standard InChI is InChI=1S/C27H31N3O2/c1-17(31)29-11-12-30-23-8-10-28(16-22(23)21-6-3-7-24(29)26(21)30)25-15-20(25)14-19-5-2-4-18-9-13-32-27(18)19/h2-7,20,22-23,25H,8-16H2,1H3. The van der Waals surface area contributed by atoms with E-state index in [-0.39, 0.29) is 5.91 Å². The van der Waals surface area contributed by atoms with Gasteiger partial charge in [-0.25, -0.2) is 0 Å². The van der Waals surface area contributed by atoms with Crippen LogP contribution < -0.4 is 14.5 Å². The quantitative estimate of drug-likeness (QED) is 0.747. The van der Waals surface area contributed by atoms with Crippen LogP contribution in [-0.4, -0.2) is 55.7 Å². The highest BCUT2D eigenvalue weighted by atomic mass is 16.5. The number of benzene rings is 2. The monoisotopic (exact) mass is 429 g/mol. The van der Waals surface area contributed by atoms with Gasteiger partial charge in [0.25, 0.3) is 0 Å². The smallest absolute Gasteiger partial charge is 0.223 e. The van der Waals surface area contributed by atoms with Crippen molar-refractivity contribution < 1.29 is 9.53 Å². The van der Waals surface area contributed by atoms with E-state index in [4.69, 9.17) is 4.74 Å². The lowest BCUT2D eigenvalue weighted by Crippen LogP contribution is -2.50. The average molecular weight is 430 g/mol. The van der Waals surface area contributed by atoms with Crippen LogP contribution in [0.25, 0.3) is 0 Å². The molecule has 4 aliphatic heterocycles. The van der Waals surface area contributed by atoms with E-state index >= 15 is 0 Å². The second-order valence-electron chi connectivity index (χ2n) is 10.3. The molecule has 5 nitrogen and oxygen atoms in total. The number of hydrogen-bond donors (Lipinski definition) is 0. The number of rotatable bonds is 3. The van der Waals surface area contributed by atoms with E-state index in [1.165, 1.54) is 47.5 Å². The van der Waals surface area contributed by atoms with E-state index in [1.54, 1.807) is 6.92 Å². The highest BCUT2D eigenvalue weighted by Crippen LogP contribution is 2.52. The number of carbonyl (C=O) groups excluding carboxylic acids is 1. The Labute approximate surface area is 189 Å². The van der Waals surface area contributed by atoms with Crippen LogP contribution in [0.4, 0.5) is 11.4 Å². The van der Waals surface area contributed by atoms with Gasteiger partial charge < -0.3 is 14.5 Å². The summed E-state index contributed by atoms with van der Waals surface area (Å²) >= 11 is 0. The predicted molar refractivity (Wildman–Crippen MR) is 126 cm³/mol. The Bertz CT molecular complexity index is 1100. The Morgan fingerprint density at radius 3 is 2.91 bits per heavy atom. The van der Waals surface area contributed by atoms with Crippen molar-refractivity contribution in [2.24, 2.45) is 5.92 Å². The van der Waals surface area contributed by atoms with Gasteiger partial charge in [-0.05, 0) is 47.9 Å². The van der Waals surface area contributed by atoms with Crippen LogP contribution in [0.3, 0.4) is 0 Å². The molecule has 0 N–H and O–H groups in total. The number of anilines is 2. The van der Waals surface area contributed by atoms with E-state index in [0.29, 0.717) is 18.0 Å². The molecule has 5 heteroatoms. The zero-order valence-corrected chi connectivity index (χ0v) is 18.8. The van der Waals surface area contributed by atoms with E-state index in [2.05, 4.69) is 46.2 Å². The second-order valence-corrected chi connectivity index (χ2v) is 10.3. The summed E-state index contributed by atoms with van der Waals surface area (Å²) in [6, 6.07) is 14.6. The van der Waals surface area contributed by atoms with Crippen LogP contribution >= 0.6 is 0 Å². The van der Waals surface area contributed by atoms with Crippen molar-refractivity contribution in [1.82, 2.24) is 4.90 Å². The zero-order chi connectivity index (χ0) is 21.4. The van der Waals surface area contributed by atoms with Crippen molar-refractivity contribution in [1.29, 1.82) is 0 Å². The van der Waals surface area contributed by atoms with E-state index in [1.807, 2.05) is 4.90 Å². The van der Waals surface area contributed by atoms with E-state index < -0.39 is 0 Å². The second kappa shape index (κ2) is 6.98. The number of nitrogens with zero attached hydrogens (tertiary/aromatic N) is 3. The van der Waals surface area contributed by atoms with Crippen molar-refractivity contribution in [2.75, 3.05) is 42.6 Å². The largest absolute Gasteiger partial charge is 0.493 e. The molecule has 32 heavy (non-hydrogen) atoms. The molecule has 166 valence electrons. The number of hydrogen-bond acceptors (Lipinski definition) is 4. The van der Waals surface area contributed by atoms with Crippen LogP contribution in [0, 0.1) is 5.92 Å². The van der Waals surface area contributed by atoms with Crippen molar-refractivity contribution >= 4 is 17.3 Å². The van der Waals surface area contributed by atoms with Gasteiger partial charge in [-0.1, -0.05) is 30.3 Å². The summed E-state index contributed by atoms with van der Waals surface area (Å²) in [5.41, 5.74) is 6.75. The summed E-state index contributed by atoms with van der Waals surface area (Å²) in [5.74, 6) is 2.66. The molecule has 0 radical (unpaired) electrons. The molecule has 1 amide bonds. The van der Waals surface area contributed by atoms with Gasteiger partial charge in [0.1, 0.15) is 5.75 Å². The number of ether oxygens (including phenoxy) is 1. The molecular weight excluding hydrogens is 398 g/mol. The molecule has 0 spiro atoms. The fourth-order valence-corrected chi connectivity index (χ4v) is 7.05. The SMILES string of the molecule is CC(=O)N1CCN2c3c(cccc31)C1CN(C3CC3Cc3cccc4c3OCC4)CCC12. The van der Waals surface area contributed by atoms with Crippen LogP contribution in [0.2, 0.25) is 0 Å². The molecule has 2 aromatic carbocycles. The summed E-state index contributed by atoms with van der Waals surface area (Å²) < 4.78 is 5.95. The lowest BCUT2D eigenvalue weighted by Gasteiger charge is -2.42. The van der Waals surface area contributed by atoms with Crippen LogP contribution in [0.1, 0.15) is 42.4 Å². The van der Waals surface area contributed by atoms with Gasteiger partial charge in [-0.15, -0.1) is 0 Å². The first-order chi connectivity index (χ1) is 15.7. The molecule has 7 rings (SSSR count). The minimum atomic E-state index is 0.159. The molecule has 1 saturated carbocycles. The number of amides is 1. The lowest BCUT2D eigenvalue weighted by molar-refractivity contribution is -0.116. The maximum absolute atomic E-state index is 12.2. The normalized spacial score (nSPS) is 29.9. The highest BCUT2D eigenvalue weighted by molar-refractivity contribution is 5.98. The molecule has 0 aromatic heterocycles. The Morgan fingerprint density at radius 1 is 1.09 bits per heavy atom. The summed E-state index contributed by atoms with van der Waals surface area (Å²) in [5, 5.41) is 0. The fraction of sp³-hybridized carbons (Fsp3) is 0.519. The minimum absolute atomic E-state index is 0.159. The van der Waals surface area contributed by atoms with Gasteiger partial charge in [0.05, 0.1) is 18.0 Å². The molecule has 2 fully saturated rings. The first kappa shape index (κ1) is 19.0. The van der Waals surface area contributed by atoms with E-state index in [0.717, 1.165) is 50.7 Å². The van der Waals surface area contributed by atoms with Crippen molar-refractivity contribution in [3.05, 3.63) is 53.1 Å². The van der Waals surface area contributed by atoms with Crippen molar-refractivity contribution in [3.63, 3.8) is 0 Å². The molecule has 4 atom stereocenters. The third-order valence-electron chi connectivity index (χ3n) is 8.61. The maximum Gasteiger partial charge on any atom is 0.223 e. The topological polar surface area (TPSA) is 36.0 Å². The summed E-state index contributed by atoms with van der Waals surface area (Å²) in [7, 11) is 0. The Morgan fingerprint density at radius 2 is 2.00 bits per heavy atom. The minimum Gasteiger partial charge on any atom is -0.493 e. The molecule has 1 saturated heterocycles. The summed E-state index contributed by atoms with van der Waals surface area (Å²) in [6.45, 7) is 6.67. The third-order valence-corrected chi connectivity index (χ3v) is 8.61. The summed E-state index contributed by atoms with van der Waals surface area (Å²) in [6.07, 6.45) is 4.76.